The first-order valence-corrected chi connectivity index (χ1v) is 15.5. The van der Waals surface area contributed by atoms with Crippen molar-refractivity contribution in [2.45, 2.75) is 0 Å². The molecule has 170 valence electrons. The maximum absolute atomic E-state index is 15.3. The van der Waals surface area contributed by atoms with Gasteiger partial charge in [-0.15, -0.1) is 68.0 Å². The molecule has 0 amide bonds. The Morgan fingerprint density at radius 2 is 1.09 bits per heavy atom. The van der Waals surface area contributed by atoms with Crippen LogP contribution >= 0.6 is 68.0 Å². The third-order valence-corrected chi connectivity index (χ3v) is 13.0. The van der Waals surface area contributed by atoms with Gasteiger partial charge in [-0.05, 0) is 47.2 Å². The zero-order chi connectivity index (χ0) is 23.4. The van der Waals surface area contributed by atoms with Crippen LogP contribution in [0.25, 0.3) is 69.3 Å². The molecule has 0 aliphatic heterocycles. The van der Waals surface area contributed by atoms with E-state index < -0.39 is 0 Å². The zero-order valence-electron chi connectivity index (χ0n) is 17.3. The normalized spacial score (nSPS) is 12.4. The molecule has 0 aliphatic carbocycles. The van der Waals surface area contributed by atoms with Crippen LogP contribution in [-0.4, -0.2) is 0 Å². The van der Waals surface area contributed by atoms with Gasteiger partial charge in [-0.1, -0.05) is 6.07 Å². The van der Waals surface area contributed by atoms with E-state index in [1.54, 1.807) is 39.4 Å². The summed E-state index contributed by atoms with van der Waals surface area (Å²) < 4.78 is 50.8. The fraction of sp³-hybridized carbons (Fsp3) is 0. The van der Waals surface area contributed by atoms with Crippen molar-refractivity contribution < 1.29 is 13.2 Å². The number of hydrogen-bond acceptors (Lipinski definition) is 6. The molecule has 9 heteroatoms. The maximum atomic E-state index is 15.3. The highest BCUT2D eigenvalue weighted by molar-refractivity contribution is 7.37. The van der Waals surface area contributed by atoms with Crippen molar-refractivity contribution in [3.63, 3.8) is 0 Å². The monoisotopic (exact) mass is 570 g/mol. The number of hydrogen-bond donors (Lipinski definition) is 0. The van der Waals surface area contributed by atoms with Crippen LogP contribution in [0, 0.1) is 17.5 Å². The van der Waals surface area contributed by atoms with E-state index in [0.717, 1.165) is 43.8 Å². The highest BCUT2D eigenvalue weighted by Crippen LogP contribution is 2.50. The molecule has 0 spiro atoms. The topological polar surface area (TPSA) is 0 Å². The lowest BCUT2D eigenvalue weighted by Gasteiger charge is -1.94. The lowest BCUT2D eigenvalue weighted by atomic mass is 10.1. The van der Waals surface area contributed by atoms with Gasteiger partial charge < -0.3 is 0 Å². The maximum Gasteiger partial charge on any atom is 0.150 e. The zero-order valence-corrected chi connectivity index (χ0v) is 22.2. The second-order valence-corrected chi connectivity index (χ2v) is 14.2. The first kappa shape index (κ1) is 20.9. The Balaban J connectivity index is 1.37. The molecule has 0 N–H and O–H groups in total. The highest BCUT2D eigenvalue weighted by atomic mass is 32.1. The van der Waals surface area contributed by atoms with Crippen molar-refractivity contribution in [2.24, 2.45) is 0 Å². The van der Waals surface area contributed by atoms with Crippen molar-refractivity contribution in [3.8, 4) is 19.5 Å². The second kappa shape index (κ2) is 7.38. The molecular formula is C26H9F3S6. The summed E-state index contributed by atoms with van der Waals surface area (Å²) in [6.07, 6.45) is 0. The van der Waals surface area contributed by atoms with Gasteiger partial charge in [0.2, 0.25) is 0 Å². The summed E-state index contributed by atoms with van der Waals surface area (Å²) in [7, 11) is 0. The molecular weight excluding hydrogens is 562 g/mol. The fourth-order valence-corrected chi connectivity index (χ4v) is 11.2. The summed E-state index contributed by atoms with van der Waals surface area (Å²) in [5.41, 5.74) is 0. The molecule has 6 heterocycles. The van der Waals surface area contributed by atoms with Crippen molar-refractivity contribution >= 4 is 118 Å². The molecule has 0 radical (unpaired) electrons. The van der Waals surface area contributed by atoms with E-state index in [1.807, 2.05) is 35.7 Å². The Kier molecular flexibility index (Phi) is 4.40. The average molecular weight is 571 g/mol. The lowest BCUT2D eigenvalue weighted by molar-refractivity contribution is 0.628. The third-order valence-electron chi connectivity index (χ3n) is 6.15. The van der Waals surface area contributed by atoms with Crippen molar-refractivity contribution in [3.05, 3.63) is 70.7 Å². The standard InChI is InChI=1S/C26H9F3S6/c27-14-3-5-31-24(14)26-21(29)11-7-19-13(9-17(11)35-26)23-22(33-19)12-8-16-10(6-18(12)32-23)20(28)25(34-16)15-2-1-4-30-15/h1-9H. The Morgan fingerprint density at radius 3 is 1.66 bits per heavy atom. The van der Waals surface area contributed by atoms with E-state index in [9.17, 15) is 4.39 Å². The number of benzene rings is 2. The van der Waals surface area contributed by atoms with Gasteiger partial charge in [-0.25, -0.2) is 13.2 Å². The van der Waals surface area contributed by atoms with E-state index >= 15 is 8.78 Å². The fourth-order valence-electron chi connectivity index (χ4n) is 4.54. The highest BCUT2D eigenvalue weighted by Gasteiger charge is 2.22. The van der Waals surface area contributed by atoms with Crippen molar-refractivity contribution in [1.29, 1.82) is 0 Å². The van der Waals surface area contributed by atoms with Crippen LogP contribution < -0.4 is 0 Å². The molecule has 8 rings (SSSR count). The van der Waals surface area contributed by atoms with Crippen LogP contribution in [0.3, 0.4) is 0 Å². The Hall–Kier alpha value is -2.27. The molecule has 6 aromatic heterocycles. The summed E-state index contributed by atoms with van der Waals surface area (Å²) in [5.74, 6) is -0.893. The van der Waals surface area contributed by atoms with Gasteiger partial charge in [0.25, 0.3) is 0 Å². The van der Waals surface area contributed by atoms with Crippen LogP contribution in [0.4, 0.5) is 13.2 Å². The number of fused-ring (bicyclic) bond motifs is 7. The van der Waals surface area contributed by atoms with E-state index in [0.29, 0.717) is 25.4 Å². The number of halogens is 3. The van der Waals surface area contributed by atoms with Crippen LogP contribution in [0.5, 0.6) is 0 Å². The molecule has 35 heavy (non-hydrogen) atoms. The lowest BCUT2D eigenvalue weighted by Crippen LogP contribution is -1.76. The minimum atomic E-state index is -0.386. The Labute approximate surface area is 219 Å². The molecule has 0 aliphatic rings. The van der Waals surface area contributed by atoms with E-state index in [1.165, 1.54) is 40.1 Å². The smallest absolute Gasteiger partial charge is 0.150 e. The number of rotatable bonds is 2. The molecule has 0 saturated heterocycles. The number of thiophene rings is 6. The van der Waals surface area contributed by atoms with Crippen molar-refractivity contribution in [1.82, 2.24) is 0 Å². The predicted molar refractivity (Wildman–Crippen MR) is 152 cm³/mol. The molecule has 0 bridgehead atoms. The van der Waals surface area contributed by atoms with Crippen molar-refractivity contribution in [2.75, 3.05) is 0 Å². The molecule has 0 atom stereocenters. The molecule has 0 fully saturated rings. The van der Waals surface area contributed by atoms with Crippen LogP contribution in [-0.2, 0) is 0 Å². The van der Waals surface area contributed by atoms with Gasteiger partial charge in [0, 0.05) is 45.2 Å². The minimum absolute atomic E-state index is 0.153. The van der Waals surface area contributed by atoms with Gasteiger partial charge in [-0.2, -0.15) is 0 Å². The van der Waals surface area contributed by atoms with E-state index in [-0.39, 0.29) is 17.5 Å². The SMILES string of the molecule is Fc1ccsc1-c1sc2cc3c(cc2c1F)sc1c2cc4sc(-c5cccs5)c(F)c4cc2sc31. The largest absolute Gasteiger partial charge is 0.205 e. The summed E-state index contributed by atoms with van der Waals surface area (Å²) in [6.45, 7) is 0. The van der Waals surface area contributed by atoms with E-state index in [4.69, 9.17) is 0 Å². The Morgan fingerprint density at radius 1 is 0.514 bits per heavy atom. The van der Waals surface area contributed by atoms with Gasteiger partial charge in [-0.3, -0.25) is 0 Å². The summed E-state index contributed by atoms with van der Waals surface area (Å²) in [6, 6.07) is 13.3. The quantitative estimate of drug-likeness (QED) is 0.194. The van der Waals surface area contributed by atoms with Gasteiger partial charge in [0.15, 0.2) is 11.6 Å². The van der Waals surface area contributed by atoms with Gasteiger partial charge in [0.1, 0.15) is 5.82 Å². The second-order valence-electron chi connectivity index (χ2n) is 8.12. The summed E-state index contributed by atoms with van der Waals surface area (Å²) in [5, 5.41) is 6.99. The first-order chi connectivity index (χ1) is 17.1. The third kappa shape index (κ3) is 2.88. The summed E-state index contributed by atoms with van der Waals surface area (Å²) >= 11 is 8.84. The Bertz CT molecular complexity index is 2100. The molecule has 0 nitrogen and oxygen atoms in total. The average Bonchev–Trinajstić information content (AvgIpc) is 3.67. The minimum Gasteiger partial charge on any atom is -0.205 e. The molecule has 8 aromatic rings. The predicted octanol–water partition coefficient (Wildman–Crippen LogP) is 11.6. The van der Waals surface area contributed by atoms with Crippen LogP contribution in [0.2, 0.25) is 0 Å². The molecule has 0 unspecified atom stereocenters. The van der Waals surface area contributed by atoms with E-state index in [2.05, 4.69) is 6.07 Å². The van der Waals surface area contributed by atoms with Gasteiger partial charge >= 0.3 is 0 Å². The van der Waals surface area contributed by atoms with Gasteiger partial charge in [0.05, 0.1) is 24.0 Å². The summed E-state index contributed by atoms with van der Waals surface area (Å²) in [4.78, 5) is 2.34. The molecule has 2 aromatic carbocycles. The first-order valence-electron chi connectivity index (χ1n) is 10.5. The molecule has 0 saturated carbocycles. The van der Waals surface area contributed by atoms with Crippen LogP contribution in [0.15, 0.2) is 53.2 Å². The van der Waals surface area contributed by atoms with Crippen LogP contribution in [0.1, 0.15) is 0 Å².